The first-order valence-electron chi connectivity index (χ1n) is 9.25. The highest BCUT2D eigenvalue weighted by atomic mass is 16.8. The van der Waals surface area contributed by atoms with Gasteiger partial charge >= 0.3 is 29.7 Å². The van der Waals surface area contributed by atoms with Crippen LogP contribution in [0.4, 0.5) is 0 Å². The smallest absolute Gasteiger partial charge is 0.376 e. The molecule has 9 heteroatoms. The minimum Gasteiger partial charge on any atom is -0.451 e. The molecule has 0 aromatic heterocycles. The van der Waals surface area contributed by atoms with Crippen LogP contribution in [0.3, 0.4) is 0 Å². The van der Waals surface area contributed by atoms with Crippen molar-refractivity contribution in [1.29, 1.82) is 0 Å². The number of ether oxygens (including phenoxy) is 3. The number of esters is 3. The fourth-order valence-electron chi connectivity index (χ4n) is 1.99. The van der Waals surface area contributed by atoms with E-state index in [0.717, 1.165) is 25.2 Å². The largest absolute Gasteiger partial charge is 0.451 e. The van der Waals surface area contributed by atoms with Crippen LogP contribution < -0.4 is 0 Å². The molecule has 1 atom stereocenters. The van der Waals surface area contributed by atoms with Gasteiger partial charge in [-0.15, -0.1) is 0 Å². The van der Waals surface area contributed by atoms with E-state index in [-0.39, 0.29) is 0 Å². The molecule has 9 nitrogen and oxygen atoms in total. The molecule has 0 aromatic carbocycles. The SMILES string of the molecule is C/C=C/C=C/C(=O)OC(C)C(OC(=O)/C=C/C=C/C)(OC(=O)/C=C/C=C/C)C(O)(O)O. The maximum absolute atomic E-state index is 12.2. The summed E-state index contributed by atoms with van der Waals surface area (Å²) in [6.45, 7) is 6.11. The predicted molar refractivity (Wildman–Crippen MR) is 112 cm³/mol. The van der Waals surface area contributed by atoms with Crippen molar-refractivity contribution in [2.75, 3.05) is 0 Å². The van der Waals surface area contributed by atoms with Crippen LogP contribution >= 0.6 is 0 Å². The maximum atomic E-state index is 12.2. The quantitative estimate of drug-likeness (QED) is 0.191. The summed E-state index contributed by atoms with van der Waals surface area (Å²) in [5, 5.41) is 29.8. The number of hydrogen-bond acceptors (Lipinski definition) is 9. The summed E-state index contributed by atoms with van der Waals surface area (Å²) in [5.74, 6) is -10.6. The molecule has 0 spiro atoms. The fraction of sp³-hybridized carbons (Fsp3) is 0.318. The molecule has 0 heterocycles. The Morgan fingerprint density at radius 3 is 1.35 bits per heavy atom. The van der Waals surface area contributed by atoms with E-state index in [1.807, 2.05) is 0 Å². The third kappa shape index (κ3) is 9.85. The van der Waals surface area contributed by atoms with Gasteiger partial charge in [0.15, 0.2) is 6.10 Å². The van der Waals surface area contributed by atoms with Crippen LogP contribution in [-0.2, 0) is 28.6 Å². The lowest BCUT2D eigenvalue weighted by Crippen LogP contribution is -2.66. The Morgan fingerprint density at radius 2 is 1.03 bits per heavy atom. The monoisotopic (exact) mass is 436 g/mol. The van der Waals surface area contributed by atoms with Gasteiger partial charge in [-0.1, -0.05) is 54.7 Å². The van der Waals surface area contributed by atoms with E-state index >= 15 is 0 Å². The second kappa shape index (κ2) is 13.9. The Kier molecular flexibility index (Phi) is 12.4. The highest BCUT2D eigenvalue weighted by Crippen LogP contribution is 2.31. The van der Waals surface area contributed by atoms with Crippen molar-refractivity contribution in [3.05, 3.63) is 72.9 Å². The minimum absolute atomic E-state index is 0.866. The summed E-state index contributed by atoms with van der Waals surface area (Å²) in [6, 6.07) is 0. The maximum Gasteiger partial charge on any atom is 0.376 e. The molecule has 3 N–H and O–H groups in total. The molecule has 0 aliphatic heterocycles. The van der Waals surface area contributed by atoms with Gasteiger partial charge in [0.1, 0.15) is 0 Å². The molecule has 0 aliphatic carbocycles. The third-order valence-corrected chi connectivity index (χ3v) is 3.41. The summed E-state index contributed by atoms with van der Waals surface area (Å²) in [4.78, 5) is 36.3. The van der Waals surface area contributed by atoms with E-state index < -0.39 is 35.8 Å². The highest BCUT2D eigenvalue weighted by Gasteiger charge is 2.62. The molecule has 0 fully saturated rings. The van der Waals surface area contributed by atoms with Crippen molar-refractivity contribution >= 4 is 17.9 Å². The van der Waals surface area contributed by atoms with Gasteiger partial charge in [-0.3, -0.25) is 0 Å². The van der Waals surface area contributed by atoms with Crippen molar-refractivity contribution in [3.63, 3.8) is 0 Å². The Hall–Kier alpha value is -3.27. The van der Waals surface area contributed by atoms with Crippen LogP contribution in [0, 0.1) is 0 Å². The van der Waals surface area contributed by atoms with Crippen LogP contribution in [0.1, 0.15) is 27.7 Å². The molecule has 0 amide bonds. The summed E-state index contributed by atoms with van der Waals surface area (Å²) in [7, 11) is 0. The predicted octanol–water partition coefficient (Wildman–Crippen LogP) is 1.73. The molecule has 170 valence electrons. The first kappa shape index (κ1) is 27.7. The van der Waals surface area contributed by atoms with E-state index in [9.17, 15) is 29.7 Å². The number of carbonyl (C=O) groups is 3. The zero-order valence-electron chi connectivity index (χ0n) is 17.8. The standard InChI is InChI=1S/C22H28O9/c1-5-8-11-14-18(23)29-17(4)21(22(26,27)28,30-19(24)15-12-9-6-2)31-20(25)16-13-10-7-3/h5-17,26-28H,1-4H3/b8-5+,9-6+,10-7+,14-11+,15-12+,16-13+. The molecule has 1 unspecified atom stereocenters. The van der Waals surface area contributed by atoms with Crippen LogP contribution in [-0.4, -0.2) is 51.1 Å². The average molecular weight is 436 g/mol. The van der Waals surface area contributed by atoms with E-state index in [0.29, 0.717) is 0 Å². The number of carbonyl (C=O) groups excluding carboxylic acids is 3. The van der Waals surface area contributed by atoms with Crippen LogP contribution in [0.5, 0.6) is 0 Å². The van der Waals surface area contributed by atoms with E-state index in [1.165, 1.54) is 36.5 Å². The zero-order chi connectivity index (χ0) is 23.9. The zero-order valence-corrected chi connectivity index (χ0v) is 17.8. The Labute approximate surface area is 180 Å². The summed E-state index contributed by atoms with van der Waals surface area (Å²) in [6.07, 6.45) is 14.0. The molecule has 0 saturated carbocycles. The average Bonchev–Trinajstić information content (AvgIpc) is 2.67. The molecule has 0 rings (SSSR count). The molecule has 0 saturated heterocycles. The van der Waals surface area contributed by atoms with Crippen LogP contribution in [0.2, 0.25) is 0 Å². The summed E-state index contributed by atoms with van der Waals surface area (Å²) < 4.78 is 14.8. The van der Waals surface area contributed by atoms with Crippen molar-refractivity contribution in [2.24, 2.45) is 0 Å². The normalized spacial score (nSPS) is 14.4. The van der Waals surface area contributed by atoms with Crippen molar-refractivity contribution < 1.29 is 43.9 Å². The van der Waals surface area contributed by atoms with Crippen LogP contribution in [0.15, 0.2) is 72.9 Å². The van der Waals surface area contributed by atoms with Gasteiger partial charge in [0, 0.05) is 18.2 Å². The molecular weight excluding hydrogens is 408 g/mol. The highest BCUT2D eigenvalue weighted by molar-refractivity contribution is 5.85. The molecule has 0 bridgehead atoms. The van der Waals surface area contributed by atoms with Gasteiger partial charge in [-0.05, 0) is 27.7 Å². The van der Waals surface area contributed by atoms with Crippen molar-refractivity contribution in [3.8, 4) is 0 Å². The third-order valence-electron chi connectivity index (χ3n) is 3.41. The van der Waals surface area contributed by atoms with Crippen molar-refractivity contribution in [1.82, 2.24) is 0 Å². The first-order valence-corrected chi connectivity index (χ1v) is 9.25. The van der Waals surface area contributed by atoms with Gasteiger partial charge in [0.25, 0.3) is 0 Å². The Bertz CT molecular complexity index is 741. The lowest BCUT2D eigenvalue weighted by molar-refractivity contribution is -0.458. The molecular formula is C22H28O9. The van der Waals surface area contributed by atoms with E-state index in [2.05, 4.69) is 0 Å². The Morgan fingerprint density at radius 1 is 0.677 bits per heavy atom. The van der Waals surface area contributed by atoms with E-state index in [1.54, 1.807) is 39.0 Å². The minimum atomic E-state index is -3.94. The second-order valence-electron chi connectivity index (χ2n) is 5.88. The summed E-state index contributed by atoms with van der Waals surface area (Å²) >= 11 is 0. The molecule has 0 aliphatic rings. The van der Waals surface area contributed by atoms with Gasteiger partial charge in [-0.2, -0.15) is 0 Å². The number of allylic oxidation sites excluding steroid dienone is 9. The van der Waals surface area contributed by atoms with Gasteiger partial charge in [0.05, 0.1) is 0 Å². The molecule has 31 heavy (non-hydrogen) atoms. The topological polar surface area (TPSA) is 140 Å². The van der Waals surface area contributed by atoms with Gasteiger partial charge in [0.2, 0.25) is 0 Å². The van der Waals surface area contributed by atoms with Gasteiger partial charge < -0.3 is 29.5 Å². The van der Waals surface area contributed by atoms with Crippen LogP contribution in [0.25, 0.3) is 0 Å². The summed E-state index contributed by atoms with van der Waals surface area (Å²) in [5.41, 5.74) is 0. The number of hydrogen-bond donors (Lipinski definition) is 3. The van der Waals surface area contributed by atoms with E-state index in [4.69, 9.17) is 14.2 Å². The first-order chi connectivity index (χ1) is 14.5. The number of aliphatic hydroxyl groups is 3. The fourth-order valence-corrected chi connectivity index (χ4v) is 1.99. The van der Waals surface area contributed by atoms with Crippen molar-refractivity contribution in [2.45, 2.75) is 45.6 Å². The van der Waals surface area contributed by atoms with Gasteiger partial charge in [-0.25, -0.2) is 14.4 Å². The molecule has 0 aromatic rings. The number of rotatable bonds is 11. The second-order valence-corrected chi connectivity index (χ2v) is 5.88. The molecule has 0 radical (unpaired) electrons. The Balaban J connectivity index is 6.12. The lowest BCUT2D eigenvalue weighted by atomic mass is 10.1. The lowest BCUT2D eigenvalue weighted by Gasteiger charge is -2.40.